The number of nitrogens with one attached hydrogen (secondary N) is 1. The number of benzene rings is 2. The lowest BCUT2D eigenvalue weighted by atomic mass is 10.1. The van der Waals surface area contributed by atoms with Gasteiger partial charge in [-0.2, -0.15) is 0 Å². The lowest BCUT2D eigenvalue weighted by Gasteiger charge is -2.28. The van der Waals surface area contributed by atoms with Crippen LogP contribution in [0.3, 0.4) is 0 Å². The van der Waals surface area contributed by atoms with Crippen LogP contribution in [0.15, 0.2) is 54.6 Å². The molecule has 2 aromatic rings. The second kappa shape index (κ2) is 8.94. The van der Waals surface area contributed by atoms with Crippen molar-refractivity contribution in [3.05, 3.63) is 65.7 Å². The van der Waals surface area contributed by atoms with Gasteiger partial charge in [-0.1, -0.05) is 42.5 Å². The molecule has 2 rings (SSSR count). The third-order valence-electron chi connectivity index (χ3n) is 4.29. The number of hydrogen-bond acceptors (Lipinski definition) is 3. The van der Waals surface area contributed by atoms with Gasteiger partial charge >= 0.3 is 0 Å². The van der Waals surface area contributed by atoms with E-state index in [1.54, 1.807) is 29.2 Å². The maximum Gasteiger partial charge on any atom is 0.226 e. The molecular weight excluding hydrogens is 328 g/mol. The van der Waals surface area contributed by atoms with Crippen LogP contribution in [0.4, 0.5) is 5.69 Å². The molecule has 1 N–H and O–H groups in total. The number of ketones is 1. The van der Waals surface area contributed by atoms with Crippen LogP contribution in [0.25, 0.3) is 0 Å². The molecule has 2 amide bonds. The van der Waals surface area contributed by atoms with Gasteiger partial charge in [0, 0.05) is 31.1 Å². The number of carbonyl (C=O) groups is 3. The number of amides is 2. The summed E-state index contributed by atoms with van der Waals surface area (Å²) in [5.74, 6) is -0.328. The van der Waals surface area contributed by atoms with Crippen LogP contribution in [-0.4, -0.2) is 29.0 Å². The molecule has 0 aliphatic carbocycles. The lowest BCUT2D eigenvalue weighted by molar-refractivity contribution is -0.131. The Morgan fingerprint density at radius 2 is 1.69 bits per heavy atom. The number of carbonyl (C=O) groups excluding carboxylic acids is 3. The second-order valence-corrected chi connectivity index (χ2v) is 6.23. The summed E-state index contributed by atoms with van der Waals surface area (Å²) in [5.41, 5.74) is 2.15. The van der Waals surface area contributed by atoms with Crippen molar-refractivity contribution >= 4 is 23.3 Å². The van der Waals surface area contributed by atoms with E-state index in [4.69, 9.17) is 0 Å². The normalized spacial score (nSPS) is 11.5. The minimum Gasteiger partial charge on any atom is -0.336 e. The fraction of sp³-hybridized carbons (Fsp3) is 0.286. The molecule has 0 saturated carbocycles. The highest BCUT2D eigenvalue weighted by Crippen LogP contribution is 2.20. The summed E-state index contributed by atoms with van der Waals surface area (Å²) >= 11 is 0. The molecule has 0 radical (unpaired) electrons. The Kier molecular flexibility index (Phi) is 6.67. The molecule has 0 aliphatic heterocycles. The number of anilines is 1. The van der Waals surface area contributed by atoms with Crippen molar-refractivity contribution in [2.45, 2.75) is 33.2 Å². The Morgan fingerprint density at radius 1 is 1.00 bits per heavy atom. The SMILES string of the molecule is CC(=O)c1cccc(NC(=O)CCN(C(C)=O)C(C)c2ccccc2)c1. The van der Waals surface area contributed by atoms with Gasteiger partial charge in [0.15, 0.2) is 5.78 Å². The predicted octanol–water partition coefficient (Wildman–Crippen LogP) is 3.83. The zero-order chi connectivity index (χ0) is 19.1. The van der Waals surface area contributed by atoms with Crippen molar-refractivity contribution in [3.8, 4) is 0 Å². The van der Waals surface area contributed by atoms with E-state index in [0.717, 1.165) is 5.56 Å². The van der Waals surface area contributed by atoms with Gasteiger partial charge < -0.3 is 10.2 Å². The lowest BCUT2D eigenvalue weighted by Crippen LogP contribution is -2.34. The van der Waals surface area contributed by atoms with Gasteiger partial charge in [-0.25, -0.2) is 0 Å². The summed E-state index contributed by atoms with van der Waals surface area (Å²) in [6.45, 7) is 5.26. The van der Waals surface area contributed by atoms with E-state index < -0.39 is 0 Å². The van der Waals surface area contributed by atoms with E-state index in [1.807, 2.05) is 37.3 Å². The predicted molar refractivity (Wildman–Crippen MR) is 102 cm³/mol. The highest BCUT2D eigenvalue weighted by atomic mass is 16.2. The van der Waals surface area contributed by atoms with Crippen molar-refractivity contribution in [2.24, 2.45) is 0 Å². The third-order valence-corrected chi connectivity index (χ3v) is 4.29. The third kappa shape index (κ3) is 5.28. The second-order valence-electron chi connectivity index (χ2n) is 6.23. The van der Waals surface area contributed by atoms with Gasteiger partial charge in [0.25, 0.3) is 0 Å². The van der Waals surface area contributed by atoms with Crippen LogP contribution in [0.2, 0.25) is 0 Å². The average molecular weight is 352 g/mol. The molecule has 2 aromatic carbocycles. The molecule has 0 spiro atoms. The van der Waals surface area contributed by atoms with E-state index in [9.17, 15) is 14.4 Å². The Balaban J connectivity index is 1.98. The first-order chi connectivity index (χ1) is 12.4. The van der Waals surface area contributed by atoms with Crippen LogP contribution in [0.1, 0.15) is 49.2 Å². The molecule has 0 bridgehead atoms. The summed E-state index contributed by atoms with van der Waals surface area (Å²) in [4.78, 5) is 37.4. The van der Waals surface area contributed by atoms with E-state index >= 15 is 0 Å². The van der Waals surface area contributed by atoms with Crippen molar-refractivity contribution in [2.75, 3.05) is 11.9 Å². The molecule has 5 heteroatoms. The largest absolute Gasteiger partial charge is 0.336 e. The van der Waals surface area contributed by atoms with E-state index in [2.05, 4.69) is 5.32 Å². The first-order valence-electron chi connectivity index (χ1n) is 8.61. The minimum atomic E-state index is -0.197. The van der Waals surface area contributed by atoms with E-state index in [0.29, 0.717) is 17.8 Å². The molecule has 0 saturated heterocycles. The zero-order valence-electron chi connectivity index (χ0n) is 15.4. The van der Waals surface area contributed by atoms with E-state index in [-0.39, 0.29) is 30.1 Å². The highest BCUT2D eigenvalue weighted by molar-refractivity contribution is 5.97. The summed E-state index contributed by atoms with van der Waals surface area (Å²) in [7, 11) is 0. The van der Waals surface area contributed by atoms with Crippen LogP contribution >= 0.6 is 0 Å². The number of nitrogens with zero attached hydrogens (tertiary/aromatic N) is 1. The monoisotopic (exact) mass is 352 g/mol. The number of Topliss-reactive ketones (excluding diaryl/α,β-unsaturated/α-hetero) is 1. The van der Waals surface area contributed by atoms with Gasteiger partial charge in [0.1, 0.15) is 0 Å². The quantitative estimate of drug-likeness (QED) is 0.770. The molecule has 136 valence electrons. The standard InChI is InChI=1S/C21H24N2O3/c1-15(18-8-5-4-6-9-18)23(17(3)25)13-12-21(26)22-20-11-7-10-19(14-20)16(2)24/h4-11,14-15H,12-13H2,1-3H3,(H,22,26). The van der Waals surface area contributed by atoms with Crippen LogP contribution in [0.5, 0.6) is 0 Å². The zero-order valence-corrected chi connectivity index (χ0v) is 15.4. The topological polar surface area (TPSA) is 66.5 Å². The number of hydrogen-bond donors (Lipinski definition) is 1. The molecule has 0 aliphatic rings. The van der Waals surface area contributed by atoms with Crippen LogP contribution in [0, 0.1) is 0 Å². The smallest absolute Gasteiger partial charge is 0.226 e. The van der Waals surface area contributed by atoms with Gasteiger partial charge in [0.2, 0.25) is 11.8 Å². The minimum absolute atomic E-state index is 0.0551. The Labute approximate surface area is 154 Å². The van der Waals surface area contributed by atoms with Gasteiger partial charge in [-0.15, -0.1) is 0 Å². The van der Waals surface area contributed by atoms with Gasteiger partial charge in [-0.3, -0.25) is 14.4 Å². The maximum absolute atomic E-state index is 12.2. The molecule has 0 aromatic heterocycles. The Bertz CT molecular complexity index is 787. The molecule has 1 unspecified atom stereocenters. The van der Waals surface area contributed by atoms with Crippen molar-refractivity contribution in [1.29, 1.82) is 0 Å². The van der Waals surface area contributed by atoms with Crippen molar-refractivity contribution < 1.29 is 14.4 Å². The molecule has 1 atom stereocenters. The Morgan fingerprint density at radius 3 is 2.31 bits per heavy atom. The average Bonchev–Trinajstić information content (AvgIpc) is 2.62. The molecule has 0 heterocycles. The molecule has 26 heavy (non-hydrogen) atoms. The molecule has 5 nitrogen and oxygen atoms in total. The van der Waals surface area contributed by atoms with Crippen molar-refractivity contribution in [3.63, 3.8) is 0 Å². The van der Waals surface area contributed by atoms with E-state index in [1.165, 1.54) is 13.8 Å². The van der Waals surface area contributed by atoms with Crippen molar-refractivity contribution in [1.82, 2.24) is 4.90 Å². The van der Waals surface area contributed by atoms with Crippen LogP contribution < -0.4 is 5.32 Å². The maximum atomic E-state index is 12.2. The number of rotatable bonds is 7. The highest BCUT2D eigenvalue weighted by Gasteiger charge is 2.19. The summed E-state index contributed by atoms with van der Waals surface area (Å²) < 4.78 is 0. The fourth-order valence-electron chi connectivity index (χ4n) is 2.80. The molecule has 0 fully saturated rings. The summed E-state index contributed by atoms with van der Waals surface area (Å²) in [5, 5.41) is 2.78. The summed E-state index contributed by atoms with van der Waals surface area (Å²) in [6, 6.07) is 16.4. The van der Waals surface area contributed by atoms with Crippen LogP contribution in [-0.2, 0) is 9.59 Å². The van der Waals surface area contributed by atoms with Gasteiger partial charge in [0.05, 0.1) is 6.04 Å². The first kappa shape index (κ1) is 19.4. The Hall–Kier alpha value is -2.95. The summed E-state index contributed by atoms with van der Waals surface area (Å²) in [6.07, 6.45) is 0.182. The fourth-order valence-corrected chi connectivity index (χ4v) is 2.80. The van der Waals surface area contributed by atoms with Gasteiger partial charge in [-0.05, 0) is 31.5 Å². The molecular formula is C21H24N2O3. The first-order valence-corrected chi connectivity index (χ1v) is 8.61.